The number of amidine groups is 1. The summed E-state index contributed by atoms with van der Waals surface area (Å²) in [6.07, 6.45) is -0.0459. The Hall–Kier alpha value is -4.05. The molecular weight excluding hydrogens is 448 g/mol. The maximum absolute atomic E-state index is 14.7. The number of halogens is 2. The van der Waals surface area contributed by atoms with Gasteiger partial charge in [-0.2, -0.15) is 0 Å². The van der Waals surface area contributed by atoms with Crippen molar-refractivity contribution in [2.75, 3.05) is 6.61 Å². The molecule has 1 heterocycles. The number of carboxylic acids is 1. The molecule has 0 aliphatic rings. The average molecular weight is 473 g/mol. The number of hydrogen-bond acceptors (Lipinski definition) is 5. The third kappa shape index (κ3) is 7.24. The number of ether oxygens (including phenoxy) is 1. The lowest BCUT2D eigenvalue weighted by molar-refractivity contribution is -0.134. The van der Waals surface area contributed by atoms with E-state index in [1.165, 1.54) is 6.26 Å². The molecule has 0 aliphatic carbocycles. The van der Waals surface area contributed by atoms with E-state index < -0.39 is 35.2 Å². The Morgan fingerprint density at radius 2 is 1.76 bits per heavy atom. The molecular formula is C24H25F2N3O5. The fraction of sp³-hybridized carbons (Fsp3) is 0.208. The van der Waals surface area contributed by atoms with Gasteiger partial charge in [0.25, 0.3) is 11.9 Å². The van der Waals surface area contributed by atoms with E-state index in [1.54, 1.807) is 43.3 Å². The Kier molecular flexibility index (Phi) is 9.45. The van der Waals surface area contributed by atoms with E-state index in [4.69, 9.17) is 30.2 Å². The fourth-order valence-corrected chi connectivity index (χ4v) is 2.96. The van der Waals surface area contributed by atoms with Gasteiger partial charge in [-0.05, 0) is 36.8 Å². The summed E-state index contributed by atoms with van der Waals surface area (Å²) in [5.74, 6) is -3.06. The van der Waals surface area contributed by atoms with Crippen LogP contribution in [0.1, 0.15) is 36.6 Å². The van der Waals surface area contributed by atoms with Crippen LogP contribution >= 0.6 is 0 Å². The molecule has 0 radical (unpaired) electrons. The molecule has 8 nitrogen and oxygen atoms in total. The van der Waals surface area contributed by atoms with Crippen LogP contribution < -0.4 is 11.1 Å². The first-order valence-electron chi connectivity index (χ1n) is 10.2. The molecule has 1 amide bonds. The van der Waals surface area contributed by atoms with Crippen molar-refractivity contribution < 1.29 is 32.6 Å². The second-order valence-electron chi connectivity index (χ2n) is 7.01. The highest BCUT2D eigenvalue weighted by Gasteiger charge is 2.28. The lowest BCUT2D eigenvalue weighted by atomic mass is 10.0. The molecule has 0 aliphatic heterocycles. The summed E-state index contributed by atoms with van der Waals surface area (Å²) in [6, 6.07) is 12.1. The number of nitrogen functional groups attached to an aromatic ring is 1. The Balaban J connectivity index is 0.000000945. The molecule has 1 atom stereocenters. The molecule has 10 heteroatoms. The molecule has 1 unspecified atom stereocenters. The SMILES string of the molecule is CC(=O)O.CCOC(C(=O)NCc1ccc(C(=N)N)cc1)c1c(F)cc(-c2ccco2)cc1F. The molecule has 1 aromatic heterocycles. The zero-order valence-electron chi connectivity index (χ0n) is 18.6. The molecule has 180 valence electrons. The summed E-state index contributed by atoms with van der Waals surface area (Å²) in [6.45, 7) is 2.92. The van der Waals surface area contributed by atoms with Crippen molar-refractivity contribution in [2.45, 2.75) is 26.5 Å². The summed E-state index contributed by atoms with van der Waals surface area (Å²) in [7, 11) is 0. The standard InChI is InChI=1S/C22H21F2N3O3.C2H4O2/c1-2-29-20(22(28)27-12-13-5-7-14(8-6-13)21(25)26)19-16(23)10-15(11-17(19)24)18-4-3-9-30-18;1-2(3)4/h3-11,20H,2,12H2,1H3,(H3,25,26)(H,27,28);1H3,(H,3,4). The van der Waals surface area contributed by atoms with Gasteiger partial charge in [0.05, 0.1) is 11.8 Å². The molecule has 34 heavy (non-hydrogen) atoms. The van der Waals surface area contributed by atoms with E-state index in [1.807, 2.05) is 0 Å². The Bertz CT molecular complexity index is 1110. The molecule has 0 saturated heterocycles. The normalized spacial score (nSPS) is 11.2. The van der Waals surface area contributed by atoms with E-state index >= 15 is 0 Å². The van der Waals surface area contributed by atoms with Crippen LogP contribution in [0.25, 0.3) is 11.3 Å². The highest BCUT2D eigenvalue weighted by molar-refractivity contribution is 5.94. The van der Waals surface area contributed by atoms with Crippen molar-refractivity contribution in [1.82, 2.24) is 5.32 Å². The van der Waals surface area contributed by atoms with Gasteiger partial charge in [0.1, 0.15) is 23.2 Å². The third-order valence-corrected chi connectivity index (χ3v) is 4.45. The van der Waals surface area contributed by atoms with Gasteiger partial charge in [0, 0.05) is 31.2 Å². The maximum atomic E-state index is 14.7. The molecule has 3 aromatic rings. The van der Waals surface area contributed by atoms with E-state index in [0.717, 1.165) is 24.6 Å². The van der Waals surface area contributed by atoms with Crippen LogP contribution in [0.3, 0.4) is 0 Å². The number of furan rings is 1. The minimum absolute atomic E-state index is 0.0639. The molecule has 0 saturated carbocycles. The monoisotopic (exact) mass is 473 g/mol. The van der Waals surface area contributed by atoms with Crippen molar-refractivity contribution in [2.24, 2.45) is 5.73 Å². The smallest absolute Gasteiger partial charge is 0.300 e. The van der Waals surface area contributed by atoms with Gasteiger partial charge in [-0.15, -0.1) is 0 Å². The first kappa shape index (κ1) is 26.2. The Morgan fingerprint density at radius 1 is 1.18 bits per heavy atom. The lowest BCUT2D eigenvalue weighted by Gasteiger charge is -2.19. The van der Waals surface area contributed by atoms with Crippen LogP contribution in [0, 0.1) is 17.0 Å². The number of carbonyl (C=O) groups is 2. The summed E-state index contributed by atoms with van der Waals surface area (Å²) in [5.41, 5.74) is 6.46. The van der Waals surface area contributed by atoms with E-state index in [9.17, 15) is 13.6 Å². The Labute approximate surface area is 194 Å². The van der Waals surface area contributed by atoms with Gasteiger partial charge in [-0.1, -0.05) is 24.3 Å². The van der Waals surface area contributed by atoms with Crippen molar-refractivity contribution >= 4 is 17.7 Å². The number of carboxylic acid groups (broad SMARTS) is 1. The number of benzene rings is 2. The van der Waals surface area contributed by atoms with Crippen LogP contribution in [0.4, 0.5) is 8.78 Å². The van der Waals surface area contributed by atoms with Gasteiger partial charge in [-0.3, -0.25) is 15.0 Å². The second kappa shape index (κ2) is 12.3. The summed E-state index contributed by atoms with van der Waals surface area (Å²) in [4.78, 5) is 21.7. The topological polar surface area (TPSA) is 139 Å². The van der Waals surface area contributed by atoms with Gasteiger partial charge < -0.3 is 25.3 Å². The van der Waals surface area contributed by atoms with Gasteiger partial charge >= 0.3 is 0 Å². The van der Waals surface area contributed by atoms with Crippen LogP contribution in [-0.2, 0) is 20.9 Å². The zero-order valence-corrected chi connectivity index (χ0v) is 18.6. The van der Waals surface area contributed by atoms with Crippen LogP contribution in [0.5, 0.6) is 0 Å². The van der Waals surface area contributed by atoms with Crippen LogP contribution in [0.2, 0.25) is 0 Å². The predicted molar refractivity (Wildman–Crippen MR) is 121 cm³/mol. The lowest BCUT2D eigenvalue weighted by Crippen LogP contribution is -2.31. The predicted octanol–water partition coefficient (Wildman–Crippen LogP) is 3.99. The minimum Gasteiger partial charge on any atom is -0.481 e. The Morgan fingerprint density at radius 3 is 2.24 bits per heavy atom. The van der Waals surface area contributed by atoms with E-state index in [2.05, 4.69) is 5.32 Å². The minimum atomic E-state index is -1.45. The molecule has 0 fully saturated rings. The quantitative estimate of drug-likeness (QED) is 0.288. The molecule has 0 spiro atoms. The van der Waals surface area contributed by atoms with Gasteiger partial charge in [-0.25, -0.2) is 8.78 Å². The van der Waals surface area contributed by atoms with Crippen LogP contribution in [-0.4, -0.2) is 29.4 Å². The maximum Gasteiger partial charge on any atom is 0.300 e. The largest absolute Gasteiger partial charge is 0.481 e. The summed E-state index contributed by atoms with van der Waals surface area (Å²) >= 11 is 0. The number of nitrogens with one attached hydrogen (secondary N) is 2. The first-order chi connectivity index (χ1) is 16.1. The molecule has 2 aromatic carbocycles. The molecule has 3 rings (SSSR count). The van der Waals surface area contributed by atoms with E-state index in [-0.39, 0.29) is 24.6 Å². The van der Waals surface area contributed by atoms with Gasteiger partial charge in [0.15, 0.2) is 6.10 Å². The van der Waals surface area contributed by atoms with Crippen molar-refractivity contribution in [1.29, 1.82) is 5.41 Å². The van der Waals surface area contributed by atoms with Crippen molar-refractivity contribution in [3.63, 3.8) is 0 Å². The third-order valence-electron chi connectivity index (χ3n) is 4.45. The van der Waals surface area contributed by atoms with Crippen molar-refractivity contribution in [3.8, 4) is 11.3 Å². The number of nitrogens with two attached hydrogens (primary N) is 1. The number of hydrogen-bond donors (Lipinski definition) is 4. The van der Waals surface area contributed by atoms with E-state index in [0.29, 0.717) is 11.3 Å². The molecule has 0 bridgehead atoms. The zero-order chi connectivity index (χ0) is 25.3. The first-order valence-corrected chi connectivity index (χ1v) is 10.2. The number of aliphatic carboxylic acids is 1. The highest BCUT2D eigenvalue weighted by atomic mass is 19.1. The average Bonchev–Trinajstić information content (AvgIpc) is 3.31. The van der Waals surface area contributed by atoms with Crippen LogP contribution in [0.15, 0.2) is 59.2 Å². The second-order valence-corrected chi connectivity index (χ2v) is 7.01. The number of amides is 1. The van der Waals surface area contributed by atoms with Gasteiger partial charge in [0.2, 0.25) is 0 Å². The van der Waals surface area contributed by atoms with Crippen molar-refractivity contribution in [3.05, 3.63) is 83.1 Å². The number of rotatable bonds is 8. The summed E-state index contributed by atoms with van der Waals surface area (Å²) in [5, 5.41) is 17.4. The highest BCUT2D eigenvalue weighted by Crippen LogP contribution is 2.30. The molecule has 5 N–H and O–H groups in total. The number of carbonyl (C=O) groups excluding carboxylic acids is 1. The fourth-order valence-electron chi connectivity index (χ4n) is 2.96. The summed E-state index contributed by atoms with van der Waals surface area (Å²) < 4.78 is 40.0.